The third kappa shape index (κ3) is 3.67. The van der Waals surface area contributed by atoms with E-state index in [9.17, 15) is 19.3 Å². The van der Waals surface area contributed by atoms with Crippen molar-refractivity contribution < 1.29 is 14.1 Å². The van der Waals surface area contributed by atoms with Crippen LogP contribution in [-0.4, -0.2) is 22.8 Å². The van der Waals surface area contributed by atoms with E-state index >= 15 is 0 Å². The van der Waals surface area contributed by atoms with Crippen LogP contribution in [-0.2, 0) is 6.54 Å². The van der Waals surface area contributed by atoms with E-state index in [4.69, 9.17) is 0 Å². The Labute approximate surface area is 134 Å². The maximum atomic E-state index is 13.3. The number of benzene rings is 2. The maximum absolute atomic E-state index is 13.3. The molecule has 2 aromatic carbocycles. The molecule has 0 heterocycles. The van der Waals surface area contributed by atoms with Crippen molar-refractivity contribution in [1.29, 1.82) is 0 Å². The minimum absolute atomic E-state index is 0.0766. The molecule has 0 aliphatic heterocycles. The number of nitro groups is 1. The molecular weight excluding hydrogens is 355 g/mol. The van der Waals surface area contributed by atoms with Crippen molar-refractivity contribution in [3.8, 4) is 0 Å². The number of carbonyl (C=O) groups excluding carboxylic acids is 1. The van der Waals surface area contributed by atoms with Gasteiger partial charge in [0.1, 0.15) is 0 Å². The summed E-state index contributed by atoms with van der Waals surface area (Å²) in [6.07, 6.45) is 0. The van der Waals surface area contributed by atoms with Crippen molar-refractivity contribution in [2.45, 2.75) is 6.54 Å². The Balaban J connectivity index is 2.18. The van der Waals surface area contributed by atoms with Gasteiger partial charge in [0.25, 0.3) is 5.91 Å². The second kappa shape index (κ2) is 6.65. The summed E-state index contributed by atoms with van der Waals surface area (Å²) >= 11 is 3.33. The molecule has 5 nitrogen and oxygen atoms in total. The minimum atomic E-state index is -0.961. The quantitative estimate of drug-likeness (QED) is 0.611. The predicted molar refractivity (Wildman–Crippen MR) is 83.0 cm³/mol. The number of carbonyl (C=O) groups is 1. The van der Waals surface area contributed by atoms with E-state index in [-0.39, 0.29) is 5.56 Å². The number of nitrogens with zero attached hydrogens (tertiary/aromatic N) is 2. The maximum Gasteiger partial charge on any atom is 0.305 e. The summed E-state index contributed by atoms with van der Waals surface area (Å²) in [6.45, 7) is 0.345. The van der Waals surface area contributed by atoms with E-state index < -0.39 is 22.3 Å². The van der Waals surface area contributed by atoms with E-state index in [1.165, 1.54) is 11.0 Å². The fraction of sp³-hybridized carbons (Fsp3) is 0.133. The predicted octanol–water partition coefficient (Wildman–Crippen LogP) is 3.77. The molecule has 0 radical (unpaired) electrons. The Morgan fingerprint density at radius 1 is 1.27 bits per heavy atom. The van der Waals surface area contributed by atoms with Crippen LogP contribution in [0.2, 0.25) is 0 Å². The highest BCUT2D eigenvalue weighted by Gasteiger charge is 2.19. The first-order valence-electron chi connectivity index (χ1n) is 6.32. The highest BCUT2D eigenvalue weighted by Crippen LogP contribution is 2.20. The zero-order valence-corrected chi connectivity index (χ0v) is 13.2. The number of hydrogen-bond donors (Lipinski definition) is 0. The van der Waals surface area contributed by atoms with Crippen molar-refractivity contribution >= 4 is 27.5 Å². The van der Waals surface area contributed by atoms with Gasteiger partial charge in [0.05, 0.1) is 4.92 Å². The van der Waals surface area contributed by atoms with Crippen LogP contribution in [0.25, 0.3) is 0 Å². The van der Waals surface area contributed by atoms with E-state index in [1.54, 1.807) is 7.05 Å². The molecule has 0 spiro atoms. The summed E-state index contributed by atoms with van der Waals surface area (Å²) < 4.78 is 14.2. The Kier molecular flexibility index (Phi) is 4.87. The largest absolute Gasteiger partial charge is 0.337 e. The van der Waals surface area contributed by atoms with Crippen molar-refractivity contribution in [2.75, 3.05) is 7.05 Å². The molecule has 114 valence electrons. The molecular formula is C15H12BrFN2O3. The summed E-state index contributed by atoms with van der Waals surface area (Å²) in [5.41, 5.74) is 0.284. The second-order valence-corrected chi connectivity index (χ2v) is 5.63. The Morgan fingerprint density at radius 2 is 1.91 bits per heavy atom. The van der Waals surface area contributed by atoms with Gasteiger partial charge in [0, 0.05) is 29.7 Å². The van der Waals surface area contributed by atoms with Crippen LogP contribution in [0.3, 0.4) is 0 Å². The monoisotopic (exact) mass is 366 g/mol. The third-order valence-electron chi connectivity index (χ3n) is 3.07. The molecule has 0 N–H and O–H groups in total. The first-order chi connectivity index (χ1) is 10.4. The molecule has 0 aromatic heterocycles. The SMILES string of the molecule is CN(Cc1ccc(Br)cc1)C(=O)c1ccc(F)c([N+](=O)[O-])c1. The summed E-state index contributed by atoms with van der Waals surface area (Å²) in [4.78, 5) is 23.6. The van der Waals surface area contributed by atoms with Crippen LogP contribution in [0.4, 0.5) is 10.1 Å². The third-order valence-corrected chi connectivity index (χ3v) is 3.60. The molecule has 0 bridgehead atoms. The standard InChI is InChI=1S/C15H12BrFN2O3/c1-18(9-10-2-5-12(16)6-3-10)15(20)11-4-7-13(17)14(8-11)19(21)22/h2-8H,9H2,1H3. The fourth-order valence-corrected chi connectivity index (χ4v) is 2.21. The van der Waals surface area contributed by atoms with E-state index in [2.05, 4.69) is 15.9 Å². The number of rotatable bonds is 4. The molecule has 0 unspecified atom stereocenters. The van der Waals surface area contributed by atoms with Crippen LogP contribution < -0.4 is 0 Å². The number of nitro benzene ring substituents is 1. The summed E-state index contributed by atoms with van der Waals surface area (Å²) in [6, 6.07) is 10.6. The highest BCUT2D eigenvalue weighted by atomic mass is 79.9. The van der Waals surface area contributed by atoms with Gasteiger partial charge in [-0.05, 0) is 29.8 Å². The summed E-state index contributed by atoms with van der Waals surface area (Å²) in [5, 5.41) is 10.7. The molecule has 0 aliphatic carbocycles. The van der Waals surface area contributed by atoms with Gasteiger partial charge < -0.3 is 4.90 Å². The summed E-state index contributed by atoms with van der Waals surface area (Å²) in [5.74, 6) is -1.37. The second-order valence-electron chi connectivity index (χ2n) is 4.71. The molecule has 22 heavy (non-hydrogen) atoms. The average Bonchev–Trinajstić information content (AvgIpc) is 2.49. The molecule has 7 heteroatoms. The fourth-order valence-electron chi connectivity index (χ4n) is 1.94. The van der Waals surface area contributed by atoms with Crippen LogP contribution in [0.5, 0.6) is 0 Å². The van der Waals surface area contributed by atoms with Gasteiger partial charge in [-0.1, -0.05) is 28.1 Å². The van der Waals surface area contributed by atoms with Crippen LogP contribution >= 0.6 is 15.9 Å². The highest BCUT2D eigenvalue weighted by molar-refractivity contribution is 9.10. The van der Waals surface area contributed by atoms with Crippen LogP contribution in [0, 0.1) is 15.9 Å². The van der Waals surface area contributed by atoms with Crippen molar-refractivity contribution in [3.05, 3.63) is 74.0 Å². The van der Waals surface area contributed by atoms with Crippen molar-refractivity contribution in [1.82, 2.24) is 4.90 Å². The average molecular weight is 367 g/mol. The van der Waals surface area contributed by atoms with Gasteiger partial charge in [0.15, 0.2) is 0 Å². The minimum Gasteiger partial charge on any atom is -0.337 e. The molecule has 0 saturated heterocycles. The van der Waals surface area contributed by atoms with Gasteiger partial charge in [-0.15, -0.1) is 0 Å². The molecule has 0 fully saturated rings. The van der Waals surface area contributed by atoms with Gasteiger partial charge in [-0.2, -0.15) is 4.39 Å². The number of halogens is 2. The van der Waals surface area contributed by atoms with Gasteiger partial charge in [-0.3, -0.25) is 14.9 Å². The molecule has 0 atom stereocenters. The number of hydrogen-bond acceptors (Lipinski definition) is 3. The Bertz CT molecular complexity index is 719. The van der Waals surface area contributed by atoms with E-state index in [0.29, 0.717) is 6.54 Å². The lowest BCUT2D eigenvalue weighted by Crippen LogP contribution is -2.26. The normalized spacial score (nSPS) is 10.3. The lowest BCUT2D eigenvalue weighted by atomic mass is 10.1. The van der Waals surface area contributed by atoms with Crippen LogP contribution in [0.15, 0.2) is 46.9 Å². The first-order valence-corrected chi connectivity index (χ1v) is 7.11. The molecule has 2 rings (SSSR count). The molecule has 0 aliphatic rings. The van der Waals surface area contributed by atoms with Crippen molar-refractivity contribution in [2.24, 2.45) is 0 Å². The van der Waals surface area contributed by atoms with Crippen LogP contribution in [0.1, 0.15) is 15.9 Å². The topological polar surface area (TPSA) is 63.5 Å². The lowest BCUT2D eigenvalue weighted by Gasteiger charge is -2.17. The lowest BCUT2D eigenvalue weighted by molar-refractivity contribution is -0.387. The van der Waals surface area contributed by atoms with Gasteiger partial charge in [-0.25, -0.2) is 0 Å². The smallest absolute Gasteiger partial charge is 0.305 e. The van der Waals surface area contributed by atoms with Crippen molar-refractivity contribution in [3.63, 3.8) is 0 Å². The summed E-state index contributed by atoms with van der Waals surface area (Å²) in [7, 11) is 1.58. The first kappa shape index (κ1) is 16.1. The molecule has 0 saturated carbocycles. The molecule has 2 aromatic rings. The molecule has 1 amide bonds. The number of amides is 1. The van der Waals surface area contributed by atoms with E-state index in [1.807, 2.05) is 24.3 Å². The zero-order chi connectivity index (χ0) is 16.3. The zero-order valence-electron chi connectivity index (χ0n) is 11.6. The van der Waals surface area contributed by atoms with Gasteiger partial charge >= 0.3 is 5.69 Å². The Morgan fingerprint density at radius 3 is 2.50 bits per heavy atom. The van der Waals surface area contributed by atoms with Gasteiger partial charge in [0.2, 0.25) is 5.82 Å². The Hall–Kier alpha value is -2.28. The van der Waals surface area contributed by atoms with E-state index in [0.717, 1.165) is 22.2 Å².